The Kier molecular flexibility index (Phi) is 6.17. The van der Waals surface area contributed by atoms with Crippen molar-refractivity contribution in [1.29, 1.82) is 0 Å². The van der Waals surface area contributed by atoms with E-state index < -0.39 is 6.09 Å². The molecule has 1 aromatic carbocycles. The molecule has 1 unspecified atom stereocenters. The number of ether oxygens (including phenoxy) is 2. The Morgan fingerprint density at radius 1 is 1.32 bits per heavy atom. The fourth-order valence-electron chi connectivity index (χ4n) is 1.51. The molecule has 1 amide bonds. The number of esters is 1. The van der Waals surface area contributed by atoms with Gasteiger partial charge in [-0.1, -0.05) is 31.9 Å². The molecule has 0 saturated heterocycles. The lowest BCUT2D eigenvalue weighted by atomic mass is 10.1. The number of benzene rings is 1. The molecule has 104 valence electrons. The van der Waals surface area contributed by atoms with Crippen molar-refractivity contribution in [3.8, 4) is 5.75 Å². The summed E-state index contributed by atoms with van der Waals surface area (Å²) in [4.78, 5) is 24.3. The van der Waals surface area contributed by atoms with Crippen molar-refractivity contribution in [3.05, 3.63) is 29.8 Å². The van der Waals surface area contributed by atoms with E-state index in [9.17, 15) is 9.59 Å². The topological polar surface area (TPSA) is 76.7 Å². The molecule has 0 fully saturated rings. The molecule has 7 heteroatoms. The number of carbonyl (C=O) groups is 2. The minimum absolute atomic E-state index is 0.379. The van der Waals surface area contributed by atoms with Crippen LogP contribution in [-0.2, 0) is 9.53 Å². The summed E-state index contributed by atoms with van der Waals surface area (Å²) < 4.78 is 10.1. The maximum absolute atomic E-state index is 11.3. The molecule has 0 heterocycles. The van der Waals surface area contributed by atoms with Gasteiger partial charge < -0.3 is 9.47 Å². The maximum atomic E-state index is 11.3. The number of thiol groups is 1. The van der Waals surface area contributed by atoms with Crippen molar-refractivity contribution in [2.24, 2.45) is 0 Å². The Hall–Kier alpha value is -1.73. The first-order valence-corrected chi connectivity index (χ1v) is 6.15. The van der Waals surface area contributed by atoms with E-state index in [1.54, 1.807) is 24.3 Å². The number of amides is 1. The van der Waals surface area contributed by atoms with Gasteiger partial charge >= 0.3 is 12.1 Å². The van der Waals surface area contributed by atoms with Crippen LogP contribution < -0.4 is 15.0 Å². The summed E-state index contributed by atoms with van der Waals surface area (Å²) in [6.07, 6.45) is -0.383. The van der Waals surface area contributed by atoms with Gasteiger partial charge in [0.1, 0.15) is 11.9 Å². The number of carbonyl (C=O) groups excluding carboxylic acids is 2. The molecular weight excluding hydrogens is 268 g/mol. The van der Waals surface area contributed by atoms with Crippen LogP contribution in [0, 0.1) is 0 Å². The van der Waals surface area contributed by atoms with E-state index in [0.717, 1.165) is 5.56 Å². The fourth-order valence-corrected chi connectivity index (χ4v) is 1.60. The molecule has 0 saturated carbocycles. The highest BCUT2D eigenvalue weighted by molar-refractivity contribution is 7.78. The monoisotopic (exact) mass is 284 g/mol. The van der Waals surface area contributed by atoms with E-state index in [1.807, 2.05) is 6.92 Å². The summed E-state index contributed by atoms with van der Waals surface area (Å²) in [6.45, 7) is 3.23. The van der Waals surface area contributed by atoms with Crippen LogP contribution in [0.5, 0.6) is 5.75 Å². The molecule has 19 heavy (non-hydrogen) atoms. The normalized spacial score (nSPS) is 11.5. The minimum Gasteiger partial charge on any atom is -0.440 e. The number of nitrogens with one attached hydrogen (secondary N) is 2. The van der Waals surface area contributed by atoms with E-state index in [1.165, 1.54) is 6.92 Å². The molecule has 0 aliphatic heterocycles. The van der Waals surface area contributed by atoms with Gasteiger partial charge in [0.15, 0.2) is 0 Å². The number of rotatable bonds is 5. The first kappa shape index (κ1) is 15.3. The van der Waals surface area contributed by atoms with Gasteiger partial charge in [-0.2, -0.15) is 4.83 Å². The second kappa shape index (κ2) is 7.65. The van der Waals surface area contributed by atoms with Gasteiger partial charge in [0.2, 0.25) is 0 Å². The van der Waals surface area contributed by atoms with E-state index in [2.05, 4.69) is 23.1 Å². The first-order chi connectivity index (χ1) is 9.06. The average molecular weight is 284 g/mol. The Morgan fingerprint density at radius 2 is 1.95 bits per heavy atom. The van der Waals surface area contributed by atoms with E-state index in [4.69, 9.17) is 9.47 Å². The number of hydrazine groups is 1. The molecule has 0 spiro atoms. The van der Waals surface area contributed by atoms with Gasteiger partial charge in [0.25, 0.3) is 0 Å². The average Bonchev–Trinajstić information content (AvgIpc) is 2.37. The molecule has 0 aliphatic carbocycles. The molecule has 0 aliphatic rings. The zero-order valence-corrected chi connectivity index (χ0v) is 11.6. The highest BCUT2D eigenvalue weighted by atomic mass is 32.1. The fraction of sp³-hybridized carbons (Fsp3) is 0.333. The summed E-state index contributed by atoms with van der Waals surface area (Å²) in [7, 11) is 0. The van der Waals surface area contributed by atoms with Crippen LogP contribution in [0.2, 0.25) is 0 Å². The van der Waals surface area contributed by atoms with E-state index in [0.29, 0.717) is 12.2 Å². The largest absolute Gasteiger partial charge is 0.440 e. The van der Waals surface area contributed by atoms with Crippen molar-refractivity contribution >= 4 is 24.9 Å². The van der Waals surface area contributed by atoms with Crippen molar-refractivity contribution in [2.45, 2.75) is 26.4 Å². The van der Waals surface area contributed by atoms with E-state index in [-0.39, 0.29) is 12.1 Å². The second-order valence-corrected chi connectivity index (χ2v) is 3.93. The molecule has 1 aromatic rings. The lowest BCUT2D eigenvalue weighted by Crippen LogP contribution is -2.32. The van der Waals surface area contributed by atoms with Crippen molar-refractivity contribution < 1.29 is 19.1 Å². The minimum atomic E-state index is -0.620. The van der Waals surface area contributed by atoms with Crippen LogP contribution in [0.15, 0.2) is 24.3 Å². The Labute approximate surface area is 117 Å². The maximum Gasteiger partial charge on any atom is 0.422 e. The smallest absolute Gasteiger partial charge is 0.422 e. The van der Waals surface area contributed by atoms with Gasteiger partial charge in [-0.3, -0.25) is 4.79 Å². The molecule has 6 nitrogen and oxygen atoms in total. The first-order valence-electron chi connectivity index (χ1n) is 5.71. The van der Waals surface area contributed by atoms with Crippen LogP contribution in [0.25, 0.3) is 0 Å². The summed E-state index contributed by atoms with van der Waals surface area (Å²) in [5.74, 6) is 0.0721. The molecule has 0 radical (unpaired) electrons. The third-order valence-corrected chi connectivity index (χ3v) is 2.40. The van der Waals surface area contributed by atoms with Gasteiger partial charge in [0, 0.05) is 6.92 Å². The SMILES string of the molecule is CCC(OC(=O)NNS)c1ccc(OC(C)=O)cc1. The Morgan fingerprint density at radius 3 is 2.42 bits per heavy atom. The predicted molar refractivity (Wildman–Crippen MR) is 72.5 cm³/mol. The summed E-state index contributed by atoms with van der Waals surface area (Å²) in [5.41, 5.74) is 3.01. The molecule has 0 bridgehead atoms. The Balaban J connectivity index is 2.70. The number of hydrogen-bond acceptors (Lipinski definition) is 6. The summed E-state index contributed by atoms with van der Waals surface area (Å²) >= 11 is 3.63. The molecule has 0 aromatic heterocycles. The van der Waals surface area contributed by atoms with Gasteiger partial charge in [0.05, 0.1) is 0 Å². The highest BCUT2D eigenvalue weighted by Gasteiger charge is 2.14. The standard InChI is InChI=1S/C12H16N2O4S/c1-3-11(18-12(16)13-14-19)9-4-6-10(7-5-9)17-8(2)15/h4-7,11,14,19H,3H2,1-2H3,(H,13,16). The second-order valence-electron chi connectivity index (χ2n) is 3.70. The van der Waals surface area contributed by atoms with Crippen LogP contribution in [-0.4, -0.2) is 12.1 Å². The van der Waals surface area contributed by atoms with Crippen LogP contribution in [0.1, 0.15) is 31.9 Å². The third-order valence-electron chi connectivity index (χ3n) is 2.29. The summed E-state index contributed by atoms with van der Waals surface area (Å²) in [5, 5.41) is 0. The van der Waals surface area contributed by atoms with Crippen LogP contribution in [0.3, 0.4) is 0 Å². The summed E-state index contributed by atoms with van der Waals surface area (Å²) in [6, 6.07) is 6.79. The zero-order chi connectivity index (χ0) is 14.3. The van der Waals surface area contributed by atoms with Crippen LogP contribution >= 0.6 is 12.8 Å². The van der Waals surface area contributed by atoms with E-state index >= 15 is 0 Å². The molecule has 1 rings (SSSR count). The zero-order valence-electron chi connectivity index (χ0n) is 10.7. The molecule has 1 atom stereocenters. The van der Waals surface area contributed by atoms with Crippen molar-refractivity contribution in [2.75, 3.05) is 0 Å². The lowest BCUT2D eigenvalue weighted by Gasteiger charge is -2.16. The van der Waals surface area contributed by atoms with Gasteiger partial charge in [-0.05, 0) is 24.1 Å². The molecular formula is C12H16N2O4S. The van der Waals surface area contributed by atoms with Crippen LogP contribution in [0.4, 0.5) is 4.79 Å². The van der Waals surface area contributed by atoms with Crippen molar-refractivity contribution in [1.82, 2.24) is 10.3 Å². The predicted octanol–water partition coefficient (Wildman–Crippen LogP) is 2.14. The Bertz CT molecular complexity index is 436. The highest BCUT2D eigenvalue weighted by Crippen LogP contribution is 2.23. The lowest BCUT2D eigenvalue weighted by molar-refractivity contribution is -0.131. The quantitative estimate of drug-likeness (QED) is 0.334. The van der Waals surface area contributed by atoms with Gasteiger partial charge in [-0.25, -0.2) is 10.2 Å². The number of hydrogen-bond donors (Lipinski definition) is 3. The third kappa shape index (κ3) is 5.19. The van der Waals surface area contributed by atoms with Gasteiger partial charge in [-0.15, -0.1) is 0 Å². The van der Waals surface area contributed by atoms with Crippen molar-refractivity contribution in [3.63, 3.8) is 0 Å². The molecule has 2 N–H and O–H groups in total.